The number of carbonyl (C=O) groups excluding carboxylic acids is 2. The van der Waals surface area contributed by atoms with E-state index in [1.54, 1.807) is 9.80 Å². The fourth-order valence-corrected chi connectivity index (χ4v) is 4.14. The fourth-order valence-electron chi connectivity index (χ4n) is 4.14. The third-order valence-electron chi connectivity index (χ3n) is 5.20. The quantitative estimate of drug-likeness (QED) is 0.833. The van der Waals surface area contributed by atoms with Gasteiger partial charge in [-0.1, -0.05) is 0 Å². The predicted molar refractivity (Wildman–Crippen MR) is 82.1 cm³/mol. The van der Waals surface area contributed by atoms with Crippen molar-refractivity contribution < 1.29 is 27.8 Å². The molecule has 3 aliphatic rings. The summed E-state index contributed by atoms with van der Waals surface area (Å²) in [5.41, 5.74) is -0.315. The molecule has 3 fully saturated rings. The van der Waals surface area contributed by atoms with Gasteiger partial charge in [-0.05, 0) is 30.7 Å². The van der Waals surface area contributed by atoms with Crippen molar-refractivity contribution in [2.45, 2.75) is 37.6 Å². The van der Waals surface area contributed by atoms with Gasteiger partial charge in [0.1, 0.15) is 5.75 Å². The van der Waals surface area contributed by atoms with Crippen LogP contribution in [0.15, 0.2) is 24.3 Å². The van der Waals surface area contributed by atoms with Crippen LogP contribution in [0.3, 0.4) is 0 Å². The van der Waals surface area contributed by atoms with Crippen molar-refractivity contribution in [2.75, 3.05) is 19.7 Å². The minimum Gasteiger partial charge on any atom is -0.435 e. The van der Waals surface area contributed by atoms with Crippen LogP contribution >= 0.6 is 0 Å². The van der Waals surface area contributed by atoms with E-state index in [4.69, 9.17) is 4.74 Å². The van der Waals surface area contributed by atoms with E-state index in [0.29, 0.717) is 31.7 Å². The number of likely N-dealkylation sites (tertiary alicyclic amines) is 1. The first-order valence-electron chi connectivity index (χ1n) is 8.31. The minimum atomic E-state index is -2.90. The average molecular weight is 352 g/mol. The molecule has 1 aromatic carbocycles. The molecule has 1 spiro atoms. The zero-order valence-electron chi connectivity index (χ0n) is 13.5. The standard InChI is InChI=1S/C17H18F2N2O4/c18-16(19)25-12-4-2-11(3-5-12)15(23)20-8-6-17-13(20)10-14(22)21(17)7-1-9-24-17/h2-5,13,16H,1,6-10H2/t13-,17+/m1/s1. The maximum Gasteiger partial charge on any atom is 0.387 e. The average Bonchev–Trinajstić information content (AvgIpc) is 3.07. The molecule has 0 unspecified atom stereocenters. The van der Waals surface area contributed by atoms with Crippen LogP contribution in [0.1, 0.15) is 29.6 Å². The molecule has 3 aliphatic heterocycles. The number of benzene rings is 1. The Kier molecular flexibility index (Phi) is 3.87. The van der Waals surface area contributed by atoms with Gasteiger partial charge < -0.3 is 19.3 Å². The third-order valence-corrected chi connectivity index (χ3v) is 5.20. The summed E-state index contributed by atoms with van der Waals surface area (Å²) in [6.45, 7) is -1.15. The normalized spacial score (nSPS) is 28.3. The lowest BCUT2D eigenvalue weighted by atomic mass is 10.0. The Labute approximate surface area is 143 Å². The maximum atomic E-state index is 12.9. The molecule has 134 valence electrons. The van der Waals surface area contributed by atoms with Crippen molar-refractivity contribution in [3.63, 3.8) is 0 Å². The Bertz CT molecular complexity index is 696. The highest BCUT2D eigenvalue weighted by molar-refractivity contribution is 5.96. The van der Waals surface area contributed by atoms with Gasteiger partial charge in [0, 0.05) is 25.1 Å². The molecule has 2 amide bonds. The second-order valence-corrected chi connectivity index (χ2v) is 6.46. The Morgan fingerprint density at radius 3 is 2.76 bits per heavy atom. The molecule has 8 heteroatoms. The molecule has 0 radical (unpaired) electrons. The predicted octanol–water partition coefficient (Wildman–Crippen LogP) is 1.85. The van der Waals surface area contributed by atoms with Crippen LogP contribution in [0.5, 0.6) is 5.75 Å². The van der Waals surface area contributed by atoms with Crippen LogP contribution in [-0.4, -0.2) is 59.7 Å². The number of alkyl halides is 2. The van der Waals surface area contributed by atoms with E-state index in [1.165, 1.54) is 24.3 Å². The van der Waals surface area contributed by atoms with E-state index < -0.39 is 12.3 Å². The molecule has 1 aromatic rings. The third kappa shape index (κ3) is 2.55. The Balaban J connectivity index is 1.54. The van der Waals surface area contributed by atoms with E-state index in [9.17, 15) is 18.4 Å². The molecular weight excluding hydrogens is 334 g/mol. The largest absolute Gasteiger partial charge is 0.435 e. The van der Waals surface area contributed by atoms with Crippen molar-refractivity contribution in [1.29, 1.82) is 0 Å². The number of carbonyl (C=O) groups is 2. The van der Waals surface area contributed by atoms with Crippen molar-refractivity contribution in [1.82, 2.24) is 9.80 Å². The summed E-state index contributed by atoms with van der Waals surface area (Å²) in [6, 6.07) is 5.30. The zero-order valence-corrected chi connectivity index (χ0v) is 13.5. The second-order valence-electron chi connectivity index (χ2n) is 6.46. The van der Waals surface area contributed by atoms with Crippen molar-refractivity contribution in [2.24, 2.45) is 0 Å². The molecule has 0 aromatic heterocycles. The summed E-state index contributed by atoms with van der Waals surface area (Å²) < 4.78 is 34.7. The molecule has 0 bridgehead atoms. The molecule has 25 heavy (non-hydrogen) atoms. The smallest absolute Gasteiger partial charge is 0.387 e. The van der Waals surface area contributed by atoms with Crippen molar-refractivity contribution >= 4 is 11.8 Å². The Morgan fingerprint density at radius 2 is 2.04 bits per heavy atom. The lowest BCUT2D eigenvalue weighted by Crippen LogP contribution is -2.56. The first kappa shape index (κ1) is 16.3. The highest BCUT2D eigenvalue weighted by atomic mass is 19.3. The SMILES string of the molecule is O=C(c1ccc(OC(F)F)cc1)N1CC[C@@]23OCCCN2C(=O)C[C@@H]13. The summed E-state index contributed by atoms with van der Waals surface area (Å²) in [5.74, 6) is -0.209. The Morgan fingerprint density at radius 1 is 1.28 bits per heavy atom. The van der Waals surface area contributed by atoms with Gasteiger partial charge in [-0.25, -0.2) is 0 Å². The van der Waals surface area contributed by atoms with Gasteiger partial charge in [0.25, 0.3) is 5.91 Å². The summed E-state index contributed by atoms with van der Waals surface area (Å²) in [4.78, 5) is 28.6. The van der Waals surface area contributed by atoms with Gasteiger partial charge in [0.05, 0.1) is 19.1 Å². The molecule has 0 saturated carbocycles. The molecule has 2 atom stereocenters. The molecule has 6 nitrogen and oxygen atoms in total. The molecule has 3 saturated heterocycles. The van der Waals surface area contributed by atoms with Gasteiger partial charge >= 0.3 is 6.61 Å². The summed E-state index contributed by atoms with van der Waals surface area (Å²) in [6.07, 6.45) is 1.67. The Hall–Kier alpha value is -2.22. The lowest BCUT2D eigenvalue weighted by molar-refractivity contribution is -0.179. The van der Waals surface area contributed by atoms with E-state index in [-0.39, 0.29) is 30.0 Å². The van der Waals surface area contributed by atoms with Crippen LogP contribution in [0.4, 0.5) is 8.78 Å². The monoisotopic (exact) mass is 352 g/mol. The summed E-state index contributed by atoms with van der Waals surface area (Å²) in [5, 5.41) is 0. The summed E-state index contributed by atoms with van der Waals surface area (Å²) >= 11 is 0. The van der Waals surface area contributed by atoms with Crippen LogP contribution < -0.4 is 4.74 Å². The minimum absolute atomic E-state index is 0.00211. The van der Waals surface area contributed by atoms with Crippen LogP contribution in [-0.2, 0) is 9.53 Å². The fraction of sp³-hybridized carbons (Fsp3) is 0.529. The molecule has 3 heterocycles. The van der Waals surface area contributed by atoms with E-state index in [1.807, 2.05) is 0 Å². The zero-order chi connectivity index (χ0) is 17.6. The van der Waals surface area contributed by atoms with Crippen molar-refractivity contribution in [3.8, 4) is 5.75 Å². The van der Waals surface area contributed by atoms with Gasteiger partial charge in [-0.3, -0.25) is 9.59 Å². The van der Waals surface area contributed by atoms with Crippen LogP contribution in [0, 0.1) is 0 Å². The molecule has 0 N–H and O–H groups in total. The second kappa shape index (κ2) is 5.94. The number of hydrogen-bond donors (Lipinski definition) is 0. The number of amides is 2. The highest BCUT2D eigenvalue weighted by Gasteiger charge is 2.61. The van der Waals surface area contributed by atoms with Gasteiger partial charge in [-0.15, -0.1) is 0 Å². The number of hydrogen-bond acceptors (Lipinski definition) is 4. The number of ether oxygens (including phenoxy) is 2. The highest BCUT2D eigenvalue weighted by Crippen LogP contribution is 2.45. The van der Waals surface area contributed by atoms with E-state index in [0.717, 1.165) is 6.42 Å². The lowest BCUT2D eigenvalue weighted by Gasteiger charge is -2.42. The van der Waals surface area contributed by atoms with Crippen molar-refractivity contribution in [3.05, 3.63) is 29.8 Å². The van der Waals surface area contributed by atoms with Crippen LogP contribution in [0.2, 0.25) is 0 Å². The molecular formula is C17H18F2N2O4. The first-order valence-corrected chi connectivity index (χ1v) is 8.31. The topological polar surface area (TPSA) is 59.1 Å². The number of rotatable bonds is 3. The number of halogens is 2. The van der Waals surface area contributed by atoms with Crippen LogP contribution in [0.25, 0.3) is 0 Å². The summed E-state index contributed by atoms with van der Waals surface area (Å²) in [7, 11) is 0. The van der Waals surface area contributed by atoms with Gasteiger partial charge in [-0.2, -0.15) is 8.78 Å². The number of nitrogens with zero attached hydrogens (tertiary/aromatic N) is 2. The van der Waals surface area contributed by atoms with E-state index >= 15 is 0 Å². The van der Waals surface area contributed by atoms with Gasteiger partial charge in [0.2, 0.25) is 5.91 Å². The first-order chi connectivity index (χ1) is 12.0. The van der Waals surface area contributed by atoms with E-state index in [2.05, 4.69) is 4.74 Å². The maximum absolute atomic E-state index is 12.9. The molecule has 4 rings (SSSR count). The molecule has 0 aliphatic carbocycles. The van der Waals surface area contributed by atoms with Gasteiger partial charge in [0.15, 0.2) is 5.72 Å².